The fourth-order valence-electron chi connectivity index (χ4n) is 4.29. The van der Waals surface area contributed by atoms with E-state index in [9.17, 15) is 14.0 Å². The summed E-state index contributed by atoms with van der Waals surface area (Å²) in [6.45, 7) is 4.05. The Balaban J connectivity index is 1.37. The topological polar surface area (TPSA) is 104 Å². The average Bonchev–Trinajstić information content (AvgIpc) is 3.33. The van der Waals surface area contributed by atoms with Gasteiger partial charge in [0.2, 0.25) is 5.95 Å². The number of aromatic nitrogens is 7. The van der Waals surface area contributed by atoms with Gasteiger partial charge in [-0.2, -0.15) is 5.10 Å². The molecule has 0 bridgehead atoms. The van der Waals surface area contributed by atoms with Gasteiger partial charge < -0.3 is 9.47 Å². The Morgan fingerprint density at radius 1 is 1.00 bits per heavy atom. The summed E-state index contributed by atoms with van der Waals surface area (Å²) in [6.07, 6.45) is 9.59. The first-order valence-electron chi connectivity index (χ1n) is 10.8. The van der Waals surface area contributed by atoms with Crippen LogP contribution in [0, 0.1) is 5.82 Å². The van der Waals surface area contributed by atoms with Crippen molar-refractivity contribution < 1.29 is 4.39 Å². The van der Waals surface area contributed by atoms with Crippen molar-refractivity contribution in [1.82, 2.24) is 33.9 Å². The minimum Gasteiger partial charge on any atom is -0.341 e. The van der Waals surface area contributed by atoms with Crippen LogP contribution >= 0.6 is 0 Å². The highest BCUT2D eigenvalue weighted by atomic mass is 19.1. The van der Waals surface area contributed by atoms with E-state index in [1.165, 1.54) is 17.7 Å². The lowest BCUT2D eigenvalue weighted by Crippen LogP contribution is -2.45. The molecule has 1 aliphatic rings. The van der Waals surface area contributed by atoms with Crippen LogP contribution in [0.1, 0.15) is 25.8 Å². The lowest BCUT2D eigenvalue weighted by Gasteiger charge is -2.33. The molecule has 0 atom stereocenters. The van der Waals surface area contributed by atoms with Crippen LogP contribution in [0.3, 0.4) is 0 Å². The zero-order valence-electron chi connectivity index (χ0n) is 18.3. The molecular formula is C22H23FN8O2. The van der Waals surface area contributed by atoms with Gasteiger partial charge in [0.1, 0.15) is 5.82 Å². The molecule has 0 aromatic carbocycles. The lowest BCUT2D eigenvalue weighted by atomic mass is 10.0. The molecule has 0 unspecified atom stereocenters. The second-order valence-electron chi connectivity index (χ2n) is 8.11. The highest BCUT2D eigenvalue weighted by molar-refractivity contribution is 5.70. The maximum atomic E-state index is 13.7. The highest BCUT2D eigenvalue weighted by Gasteiger charge is 2.26. The molecule has 4 aromatic rings. The van der Waals surface area contributed by atoms with Gasteiger partial charge >= 0.3 is 11.1 Å². The first-order valence-corrected chi connectivity index (χ1v) is 10.8. The van der Waals surface area contributed by atoms with Gasteiger partial charge in [-0.1, -0.05) is 0 Å². The van der Waals surface area contributed by atoms with Crippen LogP contribution in [0.2, 0.25) is 0 Å². The number of aryl methyl sites for hydroxylation is 2. The summed E-state index contributed by atoms with van der Waals surface area (Å²) >= 11 is 0. The SMILES string of the molecule is CCn1cc(-c2cnc(N3CCC(n4c(=O)c(=O)n(C)c5cc(F)cnc54)CC3)nc2)cn1. The minimum atomic E-state index is -0.692. The van der Waals surface area contributed by atoms with Crippen LogP contribution in [0.25, 0.3) is 22.3 Å². The molecule has 1 saturated heterocycles. The zero-order chi connectivity index (χ0) is 23.1. The number of anilines is 1. The summed E-state index contributed by atoms with van der Waals surface area (Å²) in [7, 11) is 1.45. The van der Waals surface area contributed by atoms with Gasteiger partial charge in [0.25, 0.3) is 0 Å². The fraction of sp³-hybridized carbons (Fsp3) is 0.364. The summed E-state index contributed by atoms with van der Waals surface area (Å²) in [5.41, 5.74) is 1.13. The third-order valence-electron chi connectivity index (χ3n) is 6.15. The Labute approximate surface area is 188 Å². The molecule has 4 aromatic heterocycles. The van der Waals surface area contributed by atoms with Crippen molar-refractivity contribution in [2.75, 3.05) is 18.0 Å². The molecule has 170 valence electrons. The third kappa shape index (κ3) is 3.69. The molecule has 0 saturated carbocycles. The Morgan fingerprint density at radius 3 is 2.39 bits per heavy atom. The van der Waals surface area contributed by atoms with E-state index in [1.54, 1.807) is 18.6 Å². The van der Waals surface area contributed by atoms with Crippen molar-refractivity contribution in [3.8, 4) is 11.1 Å². The quantitative estimate of drug-likeness (QED) is 0.436. The summed E-state index contributed by atoms with van der Waals surface area (Å²) < 4.78 is 18.1. The summed E-state index contributed by atoms with van der Waals surface area (Å²) in [5.74, 6) is 0.0571. The molecule has 5 heterocycles. The Kier molecular flexibility index (Phi) is 5.23. The van der Waals surface area contributed by atoms with Crippen LogP contribution in [-0.4, -0.2) is 47.0 Å². The molecule has 0 spiro atoms. The van der Waals surface area contributed by atoms with E-state index in [1.807, 2.05) is 17.8 Å². The van der Waals surface area contributed by atoms with E-state index in [0.29, 0.717) is 43.0 Å². The normalized spacial score (nSPS) is 14.8. The van der Waals surface area contributed by atoms with Crippen LogP contribution in [0.4, 0.5) is 10.3 Å². The summed E-state index contributed by atoms with van der Waals surface area (Å²) in [6, 6.07) is 1.01. The highest BCUT2D eigenvalue weighted by Crippen LogP contribution is 2.26. The summed E-state index contributed by atoms with van der Waals surface area (Å²) in [5, 5.41) is 4.28. The van der Waals surface area contributed by atoms with Gasteiger partial charge in [0, 0.05) is 68.5 Å². The van der Waals surface area contributed by atoms with Gasteiger partial charge in [0.05, 0.1) is 17.9 Å². The molecule has 5 rings (SSSR count). The number of rotatable bonds is 4. The van der Waals surface area contributed by atoms with Crippen LogP contribution in [0.15, 0.2) is 46.6 Å². The number of nitrogens with zero attached hydrogens (tertiary/aromatic N) is 8. The van der Waals surface area contributed by atoms with Crippen molar-refractivity contribution in [2.24, 2.45) is 7.05 Å². The van der Waals surface area contributed by atoms with Crippen molar-refractivity contribution >= 4 is 17.1 Å². The predicted molar refractivity (Wildman–Crippen MR) is 121 cm³/mol. The van der Waals surface area contributed by atoms with Crippen molar-refractivity contribution in [2.45, 2.75) is 32.4 Å². The maximum absolute atomic E-state index is 13.7. The Hall–Kier alpha value is -3.89. The van der Waals surface area contributed by atoms with Crippen LogP contribution < -0.4 is 16.0 Å². The van der Waals surface area contributed by atoms with Gasteiger partial charge in [-0.15, -0.1) is 0 Å². The second-order valence-corrected chi connectivity index (χ2v) is 8.11. The predicted octanol–water partition coefficient (Wildman–Crippen LogP) is 1.75. The molecule has 1 aliphatic heterocycles. The van der Waals surface area contributed by atoms with Gasteiger partial charge in [-0.05, 0) is 19.8 Å². The maximum Gasteiger partial charge on any atom is 0.318 e. The number of hydrogen-bond acceptors (Lipinski definition) is 7. The smallest absolute Gasteiger partial charge is 0.318 e. The number of piperidine rings is 1. The fourth-order valence-corrected chi connectivity index (χ4v) is 4.29. The van der Waals surface area contributed by atoms with E-state index < -0.39 is 16.9 Å². The third-order valence-corrected chi connectivity index (χ3v) is 6.15. The number of hydrogen-bond donors (Lipinski definition) is 0. The Bertz CT molecular complexity index is 1430. The molecule has 0 N–H and O–H groups in total. The van der Waals surface area contributed by atoms with Crippen LogP contribution in [0.5, 0.6) is 0 Å². The number of pyridine rings is 1. The monoisotopic (exact) mass is 450 g/mol. The standard InChI is InChI=1S/C22H23FN8O2/c1-3-30-13-15(11-27-30)14-9-25-22(26-10-14)29-6-4-17(5-7-29)31-19-18(8-16(23)12-24-19)28(2)20(32)21(31)33/h8-13,17H,3-7H2,1-2H3. The first kappa shape index (κ1) is 21.0. The molecular weight excluding hydrogens is 427 g/mol. The van der Waals surface area contributed by atoms with Crippen molar-refractivity contribution in [3.63, 3.8) is 0 Å². The zero-order valence-corrected chi connectivity index (χ0v) is 18.3. The molecule has 0 radical (unpaired) electrons. The Morgan fingerprint density at radius 2 is 1.73 bits per heavy atom. The average molecular weight is 450 g/mol. The molecule has 0 aliphatic carbocycles. The van der Waals surface area contributed by atoms with Gasteiger partial charge in [0.15, 0.2) is 5.65 Å². The minimum absolute atomic E-state index is 0.220. The first-order chi connectivity index (χ1) is 16.0. The van der Waals surface area contributed by atoms with E-state index in [4.69, 9.17) is 0 Å². The molecule has 11 heteroatoms. The van der Waals surface area contributed by atoms with E-state index in [-0.39, 0.29) is 6.04 Å². The molecule has 33 heavy (non-hydrogen) atoms. The largest absolute Gasteiger partial charge is 0.341 e. The lowest BCUT2D eigenvalue weighted by molar-refractivity contribution is 0.389. The van der Waals surface area contributed by atoms with Gasteiger partial charge in [-0.3, -0.25) is 18.8 Å². The van der Waals surface area contributed by atoms with E-state index in [0.717, 1.165) is 28.4 Å². The number of fused-ring (bicyclic) bond motifs is 1. The van der Waals surface area contributed by atoms with E-state index >= 15 is 0 Å². The van der Waals surface area contributed by atoms with Crippen molar-refractivity contribution in [3.05, 3.63) is 63.6 Å². The van der Waals surface area contributed by atoms with Crippen molar-refractivity contribution in [1.29, 1.82) is 0 Å². The molecule has 1 fully saturated rings. The summed E-state index contributed by atoms with van der Waals surface area (Å²) in [4.78, 5) is 40.5. The van der Waals surface area contributed by atoms with Gasteiger partial charge in [-0.25, -0.2) is 19.3 Å². The van der Waals surface area contributed by atoms with E-state index in [2.05, 4.69) is 25.0 Å². The molecule has 0 amide bonds. The molecule has 10 nitrogen and oxygen atoms in total. The number of halogens is 1. The second kappa shape index (κ2) is 8.23. The van der Waals surface area contributed by atoms with Crippen LogP contribution in [-0.2, 0) is 13.6 Å².